The van der Waals surface area contributed by atoms with Gasteiger partial charge >= 0.3 is 0 Å². The summed E-state index contributed by atoms with van der Waals surface area (Å²) in [5.41, 5.74) is 4.32. The molecule has 0 unspecified atom stereocenters. The number of hydrogen-bond donors (Lipinski definition) is 0. The Kier molecular flexibility index (Phi) is 3.36. The van der Waals surface area contributed by atoms with Crippen LogP contribution in [0, 0.1) is 13.8 Å². The van der Waals surface area contributed by atoms with E-state index in [-0.39, 0.29) is 0 Å². The smallest absolute Gasteiger partial charge is 0.0997 e. The minimum Gasteiger partial charge on any atom is -0.301 e. The van der Waals surface area contributed by atoms with E-state index in [4.69, 9.17) is 11.6 Å². The lowest BCUT2D eigenvalue weighted by molar-refractivity contribution is 0.986. The highest BCUT2D eigenvalue weighted by Gasteiger charge is 2.11. The number of halogens is 2. The summed E-state index contributed by atoms with van der Waals surface area (Å²) >= 11 is 9.73. The van der Waals surface area contributed by atoms with Crippen molar-refractivity contribution in [2.24, 2.45) is 0 Å². The van der Waals surface area contributed by atoms with Gasteiger partial charge in [-0.1, -0.05) is 39.7 Å². The van der Waals surface area contributed by atoms with E-state index in [0.29, 0.717) is 0 Å². The van der Waals surface area contributed by atoms with Crippen LogP contribution in [0.1, 0.15) is 17.0 Å². The Balaban J connectivity index is 2.68. The Morgan fingerprint density at radius 1 is 1.38 bits per heavy atom. The molecule has 0 aliphatic rings. The monoisotopic (exact) mass is 298 g/mol. The second kappa shape index (κ2) is 4.60. The molecule has 1 aromatic heterocycles. The average molecular weight is 300 g/mol. The van der Waals surface area contributed by atoms with Gasteiger partial charge in [-0.05, 0) is 25.5 Å². The van der Waals surface area contributed by atoms with Crippen molar-refractivity contribution in [1.29, 1.82) is 0 Å². The lowest BCUT2D eigenvalue weighted by Gasteiger charge is -2.12. The fourth-order valence-corrected chi connectivity index (χ4v) is 2.40. The van der Waals surface area contributed by atoms with Crippen LogP contribution in [0.15, 0.2) is 24.5 Å². The quantitative estimate of drug-likeness (QED) is 0.765. The first-order chi connectivity index (χ1) is 7.65. The lowest BCUT2D eigenvalue weighted by Crippen LogP contribution is -2.00. The predicted octanol–water partition coefficient (Wildman–Crippen LogP) is 4.04. The molecule has 1 heterocycles. The molecule has 0 bridgehead atoms. The molecular formula is C12H12BrClN2. The number of para-hydroxylation sites is 1. The van der Waals surface area contributed by atoms with Crippen LogP contribution in [0.4, 0.5) is 0 Å². The van der Waals surface area contributed by atoms with E-state index in [0.717, 1.165) is 33.0 Å². The maximum Gasteiger partial charge on any atom is 0.0997 e. The molecule has 0 saturated heterocycles. The molecule has 2 aromatic rings. The van der Waals surface area contributed by atoms with Crippen molar-refractivity contribution in [2.75, 3.05) is 0 Å². The van der Waals surface area contributed by atoms with Crippen LogP contribution >= 0.6 is 27.5 Å². The summed E-state index contributed by atoms with van der Waals surface area (Å²) in [7, 11) is 0. The normalized spacial score (nSPS) is 10.8. The van der Waals surface area contributed by atoms with Gasteiger partial charge < -0.3 is 4.57 Å². The zero-order valence-electron chi connectivity index (χ0n) is 9.17. The highest BCUT2D eigenvalue weighted by Crippen LogP contribution is 2.27. The molecule has 1 aromatic carbocycles. The molecule has 2 nitrogen and oxygen atoms in total. The second-order valence-electron chi connectivity index (χ2n) is 3.67. The third kappa shape index (κ3) is 1.89. The molecule has 0 aliphatic heterocycles. The minimum absolute atomic E-state index is 0.748. The van der Waals surface area contributed by atoms with E-state index in [1.165, 1.54) is 0 Å². The number of nitrogens with zero attached hydrogens (tertiary/aromatic N) is 2. The minimum atomic E-state index is 0.748. The van der Waals surface area contributed by atoms with E-state index >= 15 is 0 Å². The van der Waals surface area contributed by atoms with Gasteiger partial charge in [0, 0.05) is 11.0 Å². The first-order valence-corrected chi connectivity index (χ1v) is 6.49. The molecule has 0 N–H and O–H groups in total. The van der Waals surface area contributed by atoms with Crippen LogP contribution in [0.25, 0.3) is 5.69 Å². The second-order valence-corrected chi connectivity index (χ2v) is 4.63. The Hall–Kier alpha value is -0.800. The van der Waals surface area contributed by atoms with Crippen molar-refractivity contribution in [3.63, 3.8) is 0 Å². The number of alkyl halides is 1. The van der Waals surface area contributed by atoms with Crippen molar-refractivity contribution < 1.29 is 0 Å². The van der Waals surface area contributed by atoms with Crippen LogP contribution < -0.4 is 0 Å². The Morgan fingerprint density at radius 3 is 2.69 bits per heavy atom. The van der Waals surface area contributed by atoms with Gasteiger partial charge in [0.1, 0.15) is 0 Å². The molecule has 4 heteroatoms. The molecule has 2 rings (SSSR count). The van der Waals surface area contributed by atoms with Gasteiger partial charge in [0.2, 0.25) is 0 Å². The molecule has 84 valence electrons. The first kappa shape index (κ1) is 11.7. The maximum atomic E-state index is 6.25. The summed E-state index contributed by atoms with van der Waals surface area (Å²) in [5, 5.41) is 1.52. The van der Waals surface area contributed by atoms with Crippen molar-refractivity contribution in [3.8, 4) is 5.69 Å². The first-order valence-electron chi connectivity index (χ1n) is 4.99. The zero-order valence-corrected chi connectivity index (χ0v) is 11.5. The molecular weight excluding hydrogens is 288 g/mol. The third-order valence-corrected chi connectivity index (χ3v) is 3.62. The van der Waals surface area contributed by atoms with Crippen LogP contribution in [-0.2, 0) is 5.33 Å². The third-order valence-electron chi connectivity index (χ3n) is 2.71. The van der Waals surface area contributed by atoms with Crippen LogP contribution in [0.5, 0.6) is 0 Å². The van der Waals surface area contributed by atoms with Gasteiger partial charge in [-0.2, -0.15) is 0 Å². The summed E-state index contributed by atoms with van der Waals surface area (Å²) in [4.78, 5) is 4.30. The molecule has 0 aliphatic carbocycles. The molecule has 0 radical (unpaired) electrons. The SMILES string of the molecule is Cc1ncn(-c2c(Cl)cccc2CBr)c1C. The summed E-state index contributed by atoms with van der Waals surface area (Å²) in [6.45, 7) is 4.04. The topological polar surface area (TPSA) is 17.8 Å². The number of aromatic nitrogens is 2. The fourth-order valence-electron chi connectivity index (χ4n) is 1.66. The highest BCUT2D eigenvalue weighted by molar-refractivity contribution is 9.08. The number of aryl methyl sites for hydroxylation is 1. The largest absolute Gasteiger partial charge is 0.301 e. The Morgan fingerprint density at radius 2 is 2.12 bits per heavy atom. The maximum absolute atomic E-state index is 6.25. The van der Waals surface area contributed by atoms with Crippen molar-refractivity contribution in [2.45, 2.75) is 19.2 Å². The number of hydrogen-bond acceptors (Lipinski definition) is 1. The molecule has 16 heavy (non-hydrogen) atoms. The molecule has 0 atom stereocenters. The fraction of sp³-hybridized carbons (Fsp3) is 0.250. The van der Waals surface area contributed by atoms with Gasteiger partial charge in [0.15, 0.2) is 0 Å². The van der Waals surface area contributed by atoms with E-state index in [9.17, 15) is 0 Å². The zero-order chi connectivity index (χ0) is 11.7. The Labute approximate surface area is 108 Å². The summed E-state index contributed by atoms with van der Waals surface area (Å²) < 4.78 is 2.04. The van der Waals surface area contributed by atoms with Crippen molar-refractivity contribution in [1.82, 2.24) is 9.55 Å². The number of imidazole rings is 1. The summed E-state index contributed by atoms with van der Waals surface area (Å²) in [6.07, 6.45) is 1.82. The van der Waals surface area contributed by atoms with Gasteiger partial charge in [-0.15, -0.1) is 0 Å². The highest BCUT2D eigenvalue weighted by atomic mass is 79.9. The standard InChI is InChI=1S/C12H12BrClN2/c1-8-9(2)16(7-15-8)12-10(6-13)4-3-5-11(12)14/h3-5,7H,6H2,1-2H3. The number of benzene rings is 1. The van der Waals surface area contributed by atoms with E-state index < -0.39 is 0 Å². The van der Waals surface area contributed by atoms with E-state index in [1.807, 2.05) is 36.9 Å². The van der Waals surface area contributed by atoms with Gasteiger partial charge in [0.25, 0.3) is 0 Å². The number of rotatable bonds is 2. The van der Waals surface area contributed by atoms with E-state index in [2.05, 4.69) is 27.0 Å². The summed E-state index contributed by atoms with van der Waals surface area (Å²) in [6, 6.07) is 5.92. The van der Waals surface area contributed by atoms with Crippen molar-refractivity contribution in [3.05, 3.63) is 46.5 Å². The van der Waals surface area contributed by atoms with Crippen LogP contribution in [0.2, 0.25) is 5.02 Å². The molecule has 0 fully saturated rings. The van der Waals surface area contributed by atoms with Gasteiger partial charge in [-0.3, -0.25) is 0 Å². The van der Waals surface area contributed by atoms with Crippen LogP contribution in [-0.4, -0.2) is 9.55 Å². The molecule has 0 amide bonds. The van der Waals surface area contributed by atoms with Crippen molar-refractivity contribution >= 4 is 27.5 Å². The lowest BCUT2D eigenvalue weighted by atomic mass is 10.2. The molecule has 0 spiro atoms. The average Bonchev–Trinajstić information content (AvgIpc) is 2.60. The van der Waals surface area contributed by atoms with E-state index in [1.54, 1.807) is 0 Å². The van der Waals surface area contributed by atoms with Gasteiger partial charge in [0.05, 0.1) is 22.7 Å². The van der Waals surface area contributed by atoms with Crippen LogP contribution in [0.3, 0.4) is 0 Å². The molecule has 0 saturated carbocycles. The Bertz CT molecular complexity index is 520. The summed E-state index contributed by atoms with van der Waals surface area (Å²) in [5.74, 6) is 0. The van der Waals surface area contributed by atoms with Gasteiger partial charge in [-0.25, -0.2) is 4.98 Å². The predicted molar refractivity (Wildman–Crippen MR) is 70.7 cm³/mol.